The van der Waals surface area contributed by atoms with Gasteiger partial charge in [-0.1, -0.05) is 25.7 Å². The minimum atomic E-state index is -0.226. The minimum Gasteiger partial charge on any atom is -0.341 e. The molecule has 1 amide bonds. The van der Waals surface area contributed by atoms with E-state index in [1.807, 2.05) is 4.90 Å². The quantitative estimate of drug-likeness (QED) is 0.728. The Kier molecular flexibility index (Phi) is 4.22. The molecule has 0 radical (unpaired) electrons. The van der Waals surface area contributed by atoms with E-state index in [0.29, 0.717) is 5.92 Å². The van der Waals surface area contributed by atoms with Crippen LogP contribution in [-0.4, -0.2) is 29.9 Å². The molecule has 1 atom stereocenters. The molecular weight excluding hydrogens is 200 g/mol. The third-order valence-corrected chi connectivity index (χ3v) is 4.11. The molecule has 2 fully saturated rings. The van der Waals surface area contributed by atoms with E-state index in [2.05, 4.69) is 0 Å². The zero-order chi connectivity index (χ0) is 11.4. The van der Waals surface area contributed by atoms with Crippen molar-refractivity contribution in [3.05, 3.63) is 0 Å². The van der Waals surface area contributed by atoms with Crippen molar-refractivity contribution >= 4 is 5.91 Å². The molecule has 0 aromatic rings. The van der Waals surface area contributed by atoms with Crippen molar-refractivity contribution in [2.75, 3.05) is 13.1 Å². The molecule has 1 aliphatic heterocycles. The highest BCUT2D eigenvalue weighted by molar-refractivity contribution is 5.82. The zero-order valence-electron chi connectivity index (χ0n) is 10.2. The molecule has 1 saturated heterocycles. The van der Waals surface area contributed by atoms with Crippen molar-refractivity contribution in [2.24, 2.45) is 11.7 Å². The molecular formula is C13H24N2O. The second-order valence-electron chi connectivity index (χ2n) is 5.31. The van der Waals surface area contributed by atoms with Crippen molar-refractivity contribution in [3.8, 4) is 0 Å². The summed E-state index contributed by atoms with van der Waals surface area (Å²) in [5.41, 5.74) is 6.15. The standard InChI is InChI=1S/C13H24N2O/c14-12(11-7-3-1-2-4-8-11)13(16)15-9-5-6-10-15/h11-12H,1-10,14H2. The molecule has 1 heterocycles. The molecule has 3 nitrogen and oxygen atoms in total. The fraction of sp³-hybridized carbons (Fsp3) is 0.923. The van der Waals surface area contributed by atoms with Crippen molar-refractivity contribution < 1.29 is 4.79 Å². The molecule has 1 saturated carbocycles. The lowest BCUT2D eigenvalue weighted by molar-refractivity contribution is -0.132. The Morgan fingerprint density at radius 3 is 2.12 bits per heavy atom. The normalized spacial score (nSPS) is 25.4. The highest BCUT2D eigenvalue weighted by Crippen LogP contribution is 2.26. The van der Waals surface area contributed by atoms with E-state index in [1.54, 1.807) is 0 Å². The second-order valence-corrected chi connectivity index (χ2v) is 5.31. The first-order chi connectivity index (χ1) is 7.79. The van der Waals surface area contributed by atoms with Crippen LogP contribution < -0.4 is 5.73 Å². The maximum atomic E-state index is 12.2. The van der Waals surface area contributed by atoms with Gasteiger partial charge in [-0.2, -0.15) is 0 Å². The minimum absolute atomic E-state index is 0.212. The SMILES string of the molecule is NC(C(=O)N1CCCC1)C1CCCCCC1. The van der Waals surface area contributed by atoms with Crippen LogP contribution in [0.25, 0.3) is 0 Å². The predicted octanol–water partition coefficient (Wildman–Crippen LogP) is 1.91. The molecule has 2 N–H and O–H groups in total. The third kappa shape index (κ3) is 2.76. The average Bonchev–Trinajstić information content (AvgIpc) is 2.70. The molecule has 92 valence electrons. The molecule has 2 rings (SSSR count). The molecule has 1 unspecified atom stereocenters. The van der Waals surface area contributed by atoms with Gasteiger partial charge in [-0.3, -0.25) is 4.79 Å². The van der Waals surface area contributed by atoms with Gasteiger partial charge in [0.25, 0.3) is 0 Å². The summed E-state index contributed by atoms with van der Waals surface area (Å²) < 4.78 is 0. The fourth-order valence-electron chi connectivity index (χ4n) is 3.02. The smallest absolute Gasteiger partial charge is 0.239 e. The van der Waals surface area contributed by atoms with Crippen LogP contribution in [0.1, 0.15) is 51.4 Å². The summed E-state index contributed by atoms with van der Waals surface area (Å²) in [4.78, 5) is 14.1. The maximum absolute atomic E-state index is 12.2. The van der Waals surface area contributed by atoms with Crippen LogP contribution in [0.3, 0.4) is 0 Å². The Hall–Kier alpha value is -0.570. The number of rotatable bonds is 2. The molecule has 0 aromatic heterocycles. The number of hydrogen-bond donors (Lipinski definition) is 1. The van der Waals surface area contributed by atoms with Gasteiger partial charge in [0, 0.05) is 13.1 Å². The lowest BCUT2D eigenvalue weighted by atomic mass is 9.91. The van der Waals surface area contributed by atoms with Gasteiger partial charge in [0.05, 0.1) is 6.04 Å². The molecule has 2 aliphatic rings. The Balaban J connectivity index is 1.88. The Bertz CT molecular complexity index is 228. The number of amides is 1. The van der Waals surface area contributed by atoms with Crippen LogP contribution in [0.5, 0.6) is 0 Å². The summed E-state index contributed by atoms with van der Waals surface area (Å²) in [7, 11) is 0. The van der Waals surface area contributed by atoms with E-state index in [1.165, 1.54) is 25.7 Å². The lowest BCUT2D eigenvalue weighted by Gasteiger charge is -2.26. The zero-order valence-corrected chi connectivity index (χ0v) is 10.2. The van der Waals surface area contributed by atoms with E-state index in [0.717, 1.165) is 38.8 Å². The van der Waals surface area contributed by atoms with E-state index < -0.39 is 0 Å². The number of carbonyl (C=O) groups excluding carboxylic acids is 1. The summed E-state index contributed by atoms with van der Waals surface area (Å²) >= 11 is 0. The summed E-state index contributed by atoms with van der Waals surface area (Å²) in [6.07, 6.45) is 9.77. The van der Waals surface area contributed by atoms with Crippen LogP contribution in [0.15, 0.2) is 0 Å². The van der Waals surface area contributed by atoms with E-state index in [-0.39, 0.29) is 11.9 Å². The number of likely N-dealkylation sites (tertiary alicyclic amines) is 1. The summed E-state index contributed by atoms with van der Waals surface area (Å²) in [5, 5.41) is 0. The van der Waals surface area contributed by atoms with Crippen LogP contribution in [0.4, 0.5) is 0 Å². The molecule has 0 bridgehead atoms. The highest BCUT2D eigenvalue weighted by Gasteiger charge is 2.29. The molecule has 3 heteroatoms. The summed E-state index contributed by atoms with van der Waals surface area (Å²) in [5.74, 6) is 0.653. The monoisotopic (exact) mass is 224 g/mol. The Morgan fingerprint density at radius 1 is 1.00 bits per heavy atom. The van der Waals surface area contributed by atoms with Crippen LogP contribution in [-0.2, 0) is 4.79 Å². The highest BCUT2D eigenvalue weighted by atomic mass is 16.2. The molecule has 16 heavy (non-hydrogen) atoms. The van der Waals surface area contributed by atoms with E-state index >= 15 is 0 Å². The third-order valence-electron chi connectivity index (χ3n) is 4.11. The molecule has 1 aliphatic carbocycles. The van der Waals surface area contributed by atoms with Gasteiger partial charge >= 0.3 is 0 Å². The van der Waals surface area contributed by atoms with Crippen LogP contribution in [0, 0.1) is 5.92 Å². The van der Waals surface area contributed by atoms with Gasteiger partial charge in [0.2, 0.25) is 5.91 Å². The van der Waals surface area contributed by atoms with Gasteiger partial charge in [-0.25, -0.2) is 0 Å². The van der Waals surface area contributed by atoms with Gasteiger partial charge in [-0.05, 0) is 31.6 Å². The van der Waals surface area contributed by atoms with E-state index in [4.69, 9.17) is 5.73 Å². The van der Waals surface area contributed by atoms with Gasteiger partial charge in [-0.15, -0.1) is 0 Å². The average molecular weight is 224 g/mol. The van der Waals surface area contributed by atoms with Crippen molar-refractivity contribution in [1.82, 2.24) is 4.90 Å². The van der Waals surface area contributed by atoms with Crippen molar-refractivity contribution in [3.63, 3.8) is 0 Å². The van der Waals surface area contributed by atoms with Crippen LogP contribution in [0.2, 0.25) is 0 Å². The Morgan fingerprint density at radius 2 is 1.56 bits per heavy atom. The number of nitrogens with two attached hydrogens (primary N) is 1. The molecule has 0 spiro atoms. The number of nitrogens with zero attached hydrogens (tertiary/aromatic N) is 1. The summed E-state index contributed by atoms with van der Waals surface area (Å²) in [6.45, 7) is 1.86. The van der Waals surface area contributed by atoms with Crippen molar-refractivity contribution in [1.29, 1.82) is 0 Å². The number of carbonyl (C=O) groups is 1. The first-order valence-corrected chi connectivity index (χ1v) is 6.83. The summed E-state index contributed by atoms with van der Waals surface area (Å²) in [6, 6.07) is -0.226. The topological polar surface area (TPSA) is 46.3 Å². The first-order valence-electron chi connectivity index (χ1n) is 6.83. The van der Waals surface area contributed by atoms with Crippen molar-refractivity contribution in [2.45, 2.75) is 57.4 Å². The first kappa shape index (κ1) is 11.9. The van der Waals surface area contributed by atoms with Gasteiger partial charge in [0.15, 0.2) is 0 Å². The predicted molar refractivity (Wildman–Crippen MR) is 65.0 cm³/mol. The van der Waals surface area contributed by atoms with Gasteiger partial charge < -0.3 is 10.6 Å². The number of hydrogen-bond acceptors (Lipinski definition) is 2. The lowest BCUT2D eigenvalue weighted by Crippen LogP contribution is -2.46. The largest absolute Gasteiger partial charge is 0.341 e. The second kappa shape index (κ2) is 5.67. The van der Waals surface area contributed by atoms with Crippen LogP contribution >= 0.6 is 0 Å². The molecule has 0 aromatic carbocycles. The van der Waals surface area contributed by atoms with Gasteiger partial charge in [0.1, 0.15) is 0 Å². The Labute approximate surface area is 98.4 Å². The fourth-order valence-corrected chi connectivity index (χ4v) is 3.02. The van der Waals surface area contributed by atoms with E-state index in [9.17, 15) is 4.79 Å². The maximum Gasteiger partial charge on any atom is 0.239 e.